The molecule has 0 radical (unpaired) electrons. The summed E-state index contributed by atoms with van der Waals surface area (Å²) in [6.07, 6.45) is 5.83. The molecule has 2 aromatic heterocycles. The molecule has 1 fully saturated rings. The Hall–Kier alpha value is -2.54. The summed E-state index contributed by atoms with van der Waals surface area (Å²) < 4.78 is 7.39. The van der Waals surface area contributed by atoms with Gasteiger partial charge in [0.25, 0.3) is 0 Å². The van der Waals surface area contributed by atoms with E-state index in [0.29, 0.717) is 18.4 Å². The Morgan fingerprint density at radius 2 is 2.09 bits per heavy atom. The van der Waals surface area contributed by atoms with Crippen molar-refractivity contribution in [1.29, 1.82) is 0 Å². The van der Waals surface area contributed by atoms with Crippen LogP contribution in [-0.4, -0.2) is 25.2 Å². The van der Waals surface area contributed by atoms with E-state index in [2.05, 4.69) is 44.9 Å². The van der Waals surface area contributed by atoms with Crippen molar-refractivity contribution in [2.45, 2.75) is 38.3 Å². The monoisotopic (exact) mass is 310 g/mol. The Balaban J connectivity index is 1.37. The second kappa shape index (κ2) is 5.92. The summed E-state index contributed by atoms with van der Waals surface area (Å²) in [5, 5.41) is 19.4. The minimum absolute atomic E-state index is 0.191. The van der Waals surface area contributed by atoms with Crippen LogP contribution in [0.25, 0.3) is 5.69 Å². The molecule has 1 atom stereocenters. The highest BCUT2D eigenvalue weighted by atomic mass is 16.4. The highest BCUT2D eigenvalue weighted by molar-refractivity contribution is 5.34. The third-order valence-corrected chi connectivity index (χ3v) is 4.05. The van der Waals surface area contributed by atoms with E-state index in [1.807, 2.05) is 18.3 Å². The molecule has 2 heterocycles. The zero-order valence-corrected chi connectivity index (χ0v) is 12.9. The lowest BCUT2D eigenvalue weighted by molar-refractivity contribution is 0.419. The van der Waals surface area contributed by atoms with E-state index >= 15 is 0 Å². The first-order valence-electron chi connectivity index (χ1n) is 7.82. The molecule has 4 rings (SSSR count). The fourth-order valence-corrected chi connectivity index (χ4v) is 2.45. The van der Waals surface area contributed by atoms with Crippen molar-refractivity contribution in [2.24, 2.45) is 0 Å². The molecule has 0 amide bonds. The van der Waals surface area contributed by atoms with Crippen LogP contribution in [-0.2, 0) is 6.54 Å². The van der Waals surface area contributed by atoms with Crippen molar-refractivity contribution < 1.29 is 4.42 Å². The summed E-state index contributed by atoms with van der Waals surface area (Å²) in [6, 6.07) is 8.41. The molecule has 0 bridgehead atoms. The molecule has 0 saturated heterocycles. The summed E-state index contributed by atoms with van der Waals surface area (Å²) in [6.45, 7) is 2.69. The van der Waals surface area contributed by atoms with Crippen LogP contribution in [0.4, 0.5) is 0 Å². The smallest absolute Gasteiger partial charge is 0.230 e. The summed E-state index contributed by atoms with van der Waals surface area (Å²) in [4.78, 5) is 0. The fourth-order valence-electron chi connectivity index (χ4n) is 2.45. The van der Waals surface area contributed by atoms with Gasteiger partial charge in [0.2, 0.25) is 11.8 Å². The van der Waals surface area contributed by atoms with Gasteiger partial charge in [-0.25, -0.2) is 4.68 Å². The van der Waals surface area contributed by atoms with Crippen molar-refractivity contribution in [2.75, 3.05) is 0 Å². The minimum Gasteiger partial charge on any atom is -0.424 e. The van der Waals surface area contributed by atoms with E-state index in [4.69, 9.17) is 4.42 Å². The lowest BCUT2D eigenvalue weighted by Crippen LogP contribution is -2.18. The number of benzene rings is 1. The van der Waals surface area contributed by atoms with Gasteiger partial charge >= 0.3 is 0 Å². The van der Waals surface area contributed by atoms with Gasteiger partial charge in [0.05, 0.1) is 24.6 Å². The third-order valence-electron chi connectivity index (χ3n) is 4.05. The average molecular weight is 310 g/mol. The highest BCUT2D eigenvalue weighted by Crippen LogP contribution is 2.38. The van der Waals surface area contributed by atoms with Crippen molar-refractivity contribution >= 4 is 0 Å². The zero-order valence-electron chi connectivity index (χ0n) is 12.9. The predicted molar refractivity (Wildman–Crippen MR) is 82.9 cm³/mol. The van der Waals surface area contributed by atoms with Crippen molar-refractivity contribution in [1.82, 2.24) is 30.5 Å². The van der Waals surface area contributed by atoms with Crippen molar-refractivity contribution in [3.05, 3.63) is 54.0 Å². The summed E-state index contributed by atoms with van der Waals surface area (Å²) in [7, 11) is 0. The molecular formula is C16H18N6O. The molecule has 1 aromatic carbocycles. The van der Waals surface area contributed by atoms with E-state index < -0.39 is 0 Å². The van der Waals surface area contributed by atoms with Crippen LogP contribution >= 0.6 is 0 Å². The largest absolute Gasteiger partial charge is 0.424 e. The Bertz CT molecular complexity index is 760. The second-order valence-corrected chi connectivity index (χ2v) is 5.85. The number of hydrogen-bond acceptors (Lipinski definition) is 6. The van der Waals surface area contributed by atoms with Gasteiger partial charge in [0.15, 0.2) is 0 Å². The lowest BCUT2D eigenvalue weighted by Gasteiger charge is -2.13. The Morgan fingerprint density at radius 1 is 1.26 bits per heavy atom. The maximum Gasteiger partial charge on any atom is 0.230 e. The Labute approximate surface area is 133 Å². The number of nitrogens with zero attached hydrogens (tertiary/aromatic N) is 5. The number of nitrogens with one attached hydrogen (secondary N) is 1. The lowest BCUT2D eigenvalue weighted by atomic mass is 10.1. The molecule has 1 unspecified atom stereocenters. The molecule has 7 nitrogen and oxygen atoms in total. The molecule has 1 aliphatic rings. The zero-order chi connectivity index (χ0) is 15.6. The Kier molecular flexibility index (Phi) is 3.63. The van der Waals surface area contributed by atoms with Gasteiger partial charge in [0, 0.05) is 12.0 Å². The highest BCUT2D eigenvalue weighted by Gasteiger charge is 2.29. The fraction of sp³-hybridized carbons (Fsp3) is 0.375. The molecule has 7 heteroatoms. The van der Waals surface area contributed by atoms with Crippen molar-refractivity contribution in [3.63, 3.8) is 0 Å². The first-order valence-corrected chi connectivity index (χ1v) is 7.82. The number of aromatic nitrogens is 5. The second-order valence-electron chi connectivity index (χ2n) is 5.85. The van der Waals surface area contributed by atoms with Gasteiger partial charge in [0.1, 0.15) is 0 Å². The molecule has 118 valence electrons. The molecule has 3 aromatic rings. The normalized spacial score (nSPS) is 15.7. The quantitative estimate of drug-likeness (QED) is 0.753. The van der Waals surface area contributed by atoms with E-state index in [1.165, 1.54) is 18.4 Å². The molecular weight excluding hydrogens is 292 g/mol. The van der Waals surface area contributed by atoms with E-state index in [9.17, 15) is 0 Å². The van der Waals surface area contributed by atoms with Gasteiger partial charge in [-0.15, -0.1) is 15.3 Å². The van der Waals surface area contributed by atoms with Gasteiger partial charge in [-0.3, -0.25) is 0 Å². The summed E-state index contributed by atoms with van der Waals surface area (Å²) >= 11 is 0. The van der Waals surface area contributed by atoms with Crippen LogP contribution in [0.3, 0.4) is 0 Å². The van der Waals surface area contributed by atoms with Crippen LogP contribution in [0, 0.1) is 0 Å². The van der Waals surface area contributed by atoms with Crippen LogP contribution in [0.1, 0.15) is 49.1 Å². The molecule has 1 aliphatic carbocycles. The van der Waals surface area contributed by atoms with Gasteiger partial charge in [-0.1, -0.05) is 17.3 Å². The SMILES string of the molecule is CC(NCc1nnc(C2CC2)o1)c1ccc(-n2ccnn2)cc1. The predicted octanol–water partition coefficient (Wildman–Crippen LogP) is 2.38. The first-order chi connectivity index (χ1) is 11.3. The van der Waals surface area contributed by atoms with E-state index in [1.54, 1.807) is 10.9 Å². The summed E-state index contributed by atoms with van der Waals surface area (Å²) in [5.41, 5.74) is 2.18. The topological polar surface area (TPSA) is 81.7 Å². The van der Waals surface area contributed by atoms with Crippen LogP contribution in [0.2, 0.25) is 0 Å². The van der Waals surface area contributed by atoms with Crippen LogP contribution in [0.15, 0.2) is 41.1 Å². The molecule has 1 saturated carbocycles. The maximum absolute atomic E-state index is 5.66. The van der Waals surface area contributed by atoms with Crippen molar-refractivity contribution in [3.8, 4) is 5.69 Å². The van der Waals surface area contributed by atoms with E-state index in [-0.39, 0.29) is 6.04 Å². The summed E-state index contributed by atoms with van der Waals surface area (Å²) in [5.74, 6) is 1.93. The maximum atomic E-state index is 5.66. The van der Waals surface area contributed by atoms with Crippen LogP contribution in [0.5, 0.6) is 0 Å². The van der Waals surface area contributed by atoms with E-state index in [0.717, 1.165) is 11.6 Å². The molecule has 1 N–H and O–H groups in total. The minimum atomic E-state index is 0.191. The molecule has 0 spiro atoms. The standard InChI is InChI=1S/C16H18N6O/c1-11(17-10-15-19-20-16(23-15)13-2-3-13)12-4-6-14(7-5-12)22-9-8-18-21-22/h4-9,11,13,17H,2-3,10H2,1H3. The average Bonchev–Trinajstić information content (AvgIpc) is 3.11. The number of hydrogen-bond donors (Lipinski definition) is 1. The number of rotatable bonds is 6. The first kappa shape index (κ1) is 14.1. The van der Waals surface area contributed by atoms with Gasteiger partial charge < -0.3 is 9.73 Å². The Morgan fingerprint density at radius 3 is 2.78 bits per heavy atom. The van der Waals surface area contributed by atoms with Gasteiger partial charge in [-0.05, 0) is 37.5 Å². The molecule has 0 aliphatic heterocycles. The van der Waals surface area contributed by atoms with Crippen LogP contribution < -0.4 is 5.32 Å². The van der Waals surface area contributed by atoms with Gasteiger partial charge in [-0.2, -0.15) is 0 Å². The molecule has 23 heavy (non-hydrogen) atoms. The third kappa shape index (κ3) is 3.14.